The number of guanidine groups is 1. The Hall–Kier alpha value is -11.3. The van der Waals surface area contributed by atoms with Crippen LogP contribution in [-0.4, -0.2) is 288 Å². The van der Waals surface area contributed by atoms with E-state index in [4.69, 9.17) is 61.4 Å². The molecule has 1 aliphatic heterocycles. The molecule has 10 amide bonds. The van der Waals surface area contributed by atoms with Gasteiger partial charge in [-0.15, -0.1) is 0 Å². The largest absolute Gasteiger partial charge is 0.642 e. The predicted octanol–water partition coefficient (Wildman–Crippen LogP) is -4.27. The fourth-order valence-corrected chi connectivity index (χ4v) is 13.7. The number of aromatic nitrogens is 1. The Morgan fingerprint density at radius 3 is 1.60 bits per heavy atom. The molecule has 2 bridgehead atoms. The monoisotopic (exact) mass is 1780 g/mol. The maximum absolute atomic E-state index is 14.1. The third kappa shape index (κ3) is 36.1. The van der Waals surface area contributed by atoms with E-state index < -0.39 is 148 Å². The third-order valence-corrected chi connectivity index (χ3v) is 20.1. The van der Waals surface area contributed by atoms with Gasteiger partial charge < -0.3 is 114 Å². The second-order valence-electron chi connectivity index (χ2n) is 26.7. The molecule has 1 aliphatic rings. The number of hydrogen-bond acceptors (Lipinski definition) is 25. The van der Waals surface area contributed by atoms with Crippen LogP contribution in [0.1, 0.15) is 102 Å². The molecule has 0 fully saturated rings. The molecule has 653 valence electrons. The molecule has 0 saturated carbocycles. The number of hydrogen-bond donors (Lipinski definition) is 20. The van der Waals surface area contributed by atoms with Crippen LogP contribution in [0.2, 0.25) is 0 Å². The van der Waals surface area contributed by atoms with Gasteiger partial charge in [0.1, 0.15) is 34.0 Å². The van der Waals surface area contributed by atoms with Crippen LogP contribution in [0.3, 0.4) is 0 Å². The fraction of sp³-hybridized carbons (Fsp3) is 0.429. The number of carbonyl (C=O) groups excluding carboxylic acids is 10. The summed E-state index contributed by atoms with van der Waals surface area (Å²) in [5.74, 6) is -9.51. The van der Waals surface area contributed by atoms with E-state index in [9.17, 15) is 67.7 Å². The standard InChI is InChI=1S/C38H50N13O10.C33H42N3O9P.C6H12NO5.Tc/c1-19(2)31-37(61)51(4)27(6-5-9-42-38(39)40)36(60)46-18-29(53)47-25(10-20(3)52)34(58)44-15-21-11-22(13-24(12-21)33(57)49-31)16-45-35(59)26(14-30(54)55)48-32(56)23-7-8-28(50-41)43-17-23;37-16-22-43-19-13-34-31(40)25-1-7-28(8-2-25)46(29-9-3-26(4-10-29)32(41)35-14-20-44-23-17-38)30-11-5-27(6-12-30)33(42)36-15-21-45-24-18-39;8-2-6(3-9,4-10)7-1-5(11)12;/h7-8,11-13,17,19,25-27,31,52H,3,5-6,9-10,14-16,18H2,1-2,4H3,(H,44,58)(H,45,59)(H,46,60)(H,47,53)(H,48,56)(H,49,57)(H,54,55)(H4,39,40,42);1-12,37-39H,13-24H2,(H,34,40)(H,35,41)(H,36,42);8-10H,1-4H2,(H,11,12);/q-1;;-1;+2/p+1/t25-,26+,27-,31+;;;/m0.../s1. The van der Waals surface area contributed by atoms with Gasteiger partial charge in [0.05, 0.1) is 79.7 Å². The summed E-state index contributed by atoms with van der Waals surface area (Å²) in [6, 6.07) is 24.0. The first-order valence-electron chi connectivity index (χ1n) is 37.4. The van der Waals surface area contributed by atoms with Gasteiger partial charge in [0.25, 0.3) is 29.6 Å². The molecule has 22 N–H and O–H groups in total. The van der Waals surface area contributed by atoms with E-state index in [0.717, 1.165) is 20.8 Å². The van der Waals surface area contributed by atoms with E-state index in [0.29, 0.717) is 61.7 Å². The molecule has 41 nitrogen and oxygen atoms in total. The first-order chi connectivity index (χ1) is 57.4. The van der Waals surface area contributed by atoms with Crippen molar-refractivity contribution in [1.82, 2.24) is 61.1 Å². The number of nitrogens with zero attached hydrogens (tertiary/aromatic N) is 6. The van der Waals surface area contributed by atoms with E-state index in [1.807, 2.05) is 36.4 Å². The molecule has 43 heteroatoms. The Kier molecular flexibility index (Phi) is 46.0. The normalized spacial score (nSPS) is 14.6. The van der Waals surface area contributed by atoms with Crippen LogP contribution in [-0.2, 0) is 79.6 Å². The summed E-state index contributed by atoms with van der Waals surface area (Å²) >= 11 is 1.65. The average Bonchev–Trinajstić information content (AvgIpc) is 0.796. The van der Waals surface area contributed by atoms with Crippen LogP contribution >= 0.6 is 7.92 Å². The van der Waals surface area contributed by atoms with Crippen LogP contribution < -0.4 is 78.6 Å². The van der Waals surface area contributed by atoms with E-state index in [2.05, 4.69) is 78.2 Å². The van der Waals surface area contributed by atoms with Crippen molar-refractivity contribution in [3.63, 3.8) is 0 Å². The third-order valence-electron chi connectivity index (χ3n) is 17.2. The molecule has 4 aromatic carbocycles. The zero-order chi connectivity index (χ0) is 88.7. The van der Waals surface area contributed by atoms with Gasteiger partial charge in [-0.25, -0.2) is 0 Å². The number of fused-ring (bicyclic) bond motifs is 2. The van der Waals surface area contributed by atoms with Crippen LogP contribution in [0.15, 0.2) is 132 Å². The molecule has 6 rings (SSSR count). The number of carboxylic acid groups (broad SMARTS) is 2. The zero-order valence-electron chi connectivity index (χ0n) is 66.3. The van der Waals surface area contributed by atoms with Gasteiger partial charge in [0, 0.05) is 88.3 Å². The molecule has 0 radical (unpaired) electrons. The smallest absolute Gasteiger partial charge is 0.282 e. The Morgan fingerprint density at radius 1 is 0.667 bits per heavy atom. The summed E-state index contributed by atoms with van der Waals surface area (Å²) in [7, 11) is -0.240. The summed E-state index contributed by atoms with van der Waals surface area (Å²) in [6.07, 6.45) is 0.280. The predicted molar refractivity (Wildman–Crippen MR) is 433 cm³/mol. The summed E-state index contributed by atoms with van der Waals surface area (Å²) in [5, 5.41) is 114. The van der Waals surface area contributed by atoms with Crippen LogP contribution in [0.4, 0.5) is 5.82 Å². The van der Waals surface area contributed by atoms with E-state index in [-0.39, 0.29) is 118 Å². The van der Waals surface area contributed by atoms with E-state index in [1.165, 1.54) is 43.6 Å². The summed E-state index contributed by atoms with van der Waals surface area (Å²) < 4.78 is 19.1. The number of aliphatic hydroxyl groups is 7. The maximum Gasteiger partial charge on any atom is 0.282 e. The number of carboxylic acids is 2. The molecular weight excluding hydrogens is 1680 g/mol. The molecule has 1 aromatic heterocycles. The topological polar surface area (TPSA) is 644 Å². The maximum atomic E-state index is 14.1. The Labute approximate surface area is 702 Å². The van der Waals surface area contributed by atoms with E-state index >= 15 is 0 Å². The van der Waals surface area contributed by atoms with E-state index in [1.54, 1.807) is 69.0 Å². The average molecular weight is 1780 g/mol. The number of pyridine rings is 1. The zero-order valence-corrected chi connectivity index (χ0v) is 69.2. The van der Waals surface area contributed by atoms with Crippen molar-refractivity contribution in [2.45, 2.75) is 82.3 Å². The number of aliphatic carboxylic acids is 2. The number of benzene rings is 4. The minimum Gasteiger partial charge on any atom is -0.642 e. The molecule has 120 heavy (non-hydrogen) atoms. The van der Waals surface area contributed by atoms with Gasteiger partial charge in [-0.05, 0) is 121 Å². The van der Waals surface area contributed by atoms with Crippen molar-refractivity contribution in [3.05, 3.63) is 166 Å². The number of nitrogens with two attached hydrogens (primary N) is 2. The number of amides is 10. The van der Waals surface area contributed by atoms with Gasteiger partial charge in [-0.2, -0.15) is 0 Å². The molecule has 5 aromatic rings. The molecule has 0 saturated heterocycles. The molecule has 0 aliphatic carbocycles. The van der Waals surface area contributed by atoms with Crippen LogP contribution in [0.5, 0.6) is 0 Å². The summed E-state index contributed by atoms with van der Waals surface area (Å²) in [4.78, 5) is 163. The van der Waals surface area contributed by atoms with Crippen molar-refractivity contribution in [2.24, 2.45) is 27.5 Å². The summed E-state index contributed by atoms with van der Waals surface area (Å²) in [5.41, 5.74) is 11.5. The van der Waals surface area contributed by atoms with Crippen molar-refractivity contribution < 1.29 is 136 Å². The number of rotatable bonds is 42. The SMILES string of the molecule is C=C(O)C[C@@H]1NC(=O)CNC(=O)[C@H](CCCN=C(N)N)N(C)C(=O)[C@@H](C(C)C)NC(=O)c2cc(cc(CNC(=O)[C@@H](CC(=O)O)NC(=O)c3ccc(N=[N+]=[Tc])nc3)c2)CNC1=O.O=C(NCCOCCO)c1ccc([PH+](c2ccc(C(=O)NCCOCCO)cc2)c2ccc(C(=O)NCCOCCO)cc2)cc1.O=C(O)C[N-]C(CO)(CO)CO. The molecule has 2 heterocycles. The van der Waals surface area contributed by atoms with Crippen molar-refractivity contribution in [2.75, 3.05) is 126 Å². The number of likely N-dealkylation sites (N-methyl/N-ethyl adjacent to an activating group) is 1. The number of ether oxygens (including phenoxy) is 3. The molecule has 0 unspecified atom stereocenters. The van der Waals surface area contributed by atoms with Crippen LogP contribution in [0, 0.1) is 5.92 Å². The van der Waals surface area contributed by atoms with Gasteiger partial charge in [-0.3, -0.25) is 48.1 Å². The Bertz CT molecular complexity index is 4120. The van der Waals surface area contributed by atoms with Gasteiger partial charge in [0.2, 0.25) is 23.6 Å². The Balaban J connectivity index is 0.000000456. The fourth-order valence-electron chi connectivity index (χ4n) is 11.0. The quantitative estimate of drug-likeness (QED) is 0.00335. The van der Waals surface area contributed by atoms with Crippen molar-refractivity contribution in [3.8, 4) is 0 Å². The minimum absolute atomic E-state index is 0.0132. The first-order valence-corrected chi connectivity index (χ1v) is 39.8. The minimum atomic E-state index is -1.61. The van der Waals surface area contributed by atoms with Crippen LogP contribution in [0.25, 0.3) is 5.32 Å². The van der Waals surface area contributed by atoms with Gasteiger partial charge in [-0.1, -0.05) is 32.0 Å². The van der Waals surface area contributed by atoms with Crippen molar-refractivity contribution in [1.29, 1.82) is 0 Å². The number of aliphatic hydroxyl groups excluding tert-OH is 7. The Morgan fingerprint density at radius 2 is 1.17 bits per heavy atom. The second-order valence-corrected chi connectivity index (χ2v) is 29.5. The molecule has 4 atom stereocenters. The van der Waals surface area contributed by atoms with Gasteiger partial charge in [0.15, 0.2) is 5.96 Å². The number of carbonyl (C=O) groups is 12. The molecule has 0 spiro atoms. The first kappa shape index (κ1) is 101. The molecular formula is C77H105N17O24PTc+. The summed E-state index contributed by atoms with van der Waals surface area (Å²) in [6.45, 7) is 5.74. The second kappa shape index (κ2) is 54.7. The van der Waals surface area contributed by atoms with Gasteiger partial charge >= 0.3 is 129 Å². The number of aliphatic imine (C=N–C) groups is 1. The van der Waals surface area contributed by atoms with Crippen molar-refractivity contribution >= 4 is 107 Å². The number of nitrogens with one attached hydrogen (secondary N) is 9.